The quantitative estimate of drug-likeness (QED) is 0.788. The van der Waals surface area contributed by atoms with E-state index < -0.39 is 11.7 Å². The van der Waals surface area contributed by atoms with Crippen molar-refractivity contribution in [3.05, 3.63) is 35.4 Å². The van der Waals surface area contributed by atoms with Gasteiger partial charge in [0.15, 0.2) is 5.69 Å². The lowest BCUT2D eigenvalue weighted by atomic mass is 10.2. The first-order valence-corrected chi connectivity index (χ1v) is 6.54. The number of benzene rings is 1. The number of hydrogen-bond acceptors (Lipinski definition) is 4. The third kappa shape index (κ3) is 3.13. The maximum Gasteiger partial charge on any atom is 0.278 e. The molecule has 1 aromatic carbocycles. The van der Waals surface area contributed by atoms with Gasteiger partial charge in [0.05, 0.1) is 24.2 Å². The van der Waals surface area contributed by atoms with Gasteiger partial charge in [0.1, 0.15) is 11.6 Å². The Kier molecular flexibility index (Phi) is 4.42. The fraction of sp³-hybridized carbons (Fsp3) is 0.286. The Labute approximate surface area is 121 Å². The molecule has 0 spiro atoms. The van der Waals surface area contributed by atoms with Crippen LogP contribution in [0.25, 0.3) is 0 Å². The Bertz CT molecular complexity index is 654. The predicted molar refractivity (Wildman–Crippen MR) is 77.9 cm³/mol. The number of aryl methyl sites for hydroxylation is 1. The fourth-order valence-electron chi connectivity index (χ4n) is 1.91. The van der Waals surface area contributed by atoms with Gasteiger partial charge in [-0.2, -0.15) is 5.10 Å². The molecular formula is C14H17FN4O2. The Morgan fingerprint density at radius 3 is 2.95 bits per heavy atom. The summed E-state index contributed by atoms with van der Waals surface area (Å²) in [6, 6.07) is 4.07. The van der Waals surface area contributed by atoms with Gasteiger partial charge in [0.2, 0.25) is 0 Å². The minimum absolute atomic E-state index is 0.0128. The number of nitrogens with two attached hydrogens (primary N) is 1. The van der Waals surface area contributed by atoms with Crippen molar-refractivity contribution in [2.75, 3.05) is 18.2 Å². The number of ether oxygens (including phenoxy) is 1. The van der Waals surface area contributed by atoms with E-state index in [1.807, 2.05) is 6.92 Å². The SMILES string of the molecule is CCCc1[nH]nc(C(=O)Nc2cc(OC)ccc2F)c1N. The van der Waals surface area contributed by atoms with Crippen LogP contribution in [0.2, 0.25) is 0 Å². The molecule has 0 aliphatic carbocycles. The van der Waals surface area contributed by atoms with Crippen molar-refractivity contribution in [2.45, 2.75) is 19.8 Å². The van der Waals surface area contributed by atoms with Gasteiger partial charge < -0.3 is 15.8 Å². The van der Waals surface area contributed by atoms with Crippen LogP contribution in [0.1, 0.15) is 29.5 Å². The molecule has 0 radical (unpaired) electrons. The van der Waals surface area contributed by atoms with Crippen molar-refractivity contribution in [1.29, 1.82) is 0 Å². The summed E-state index contributed by atoms with van der Waals surface area (Å²) in [5.74, 6) is -0.696. The fourth-order valence-corrected chi connectivity index (χ4v) is 1.91. The summed E-state index contributed by atoms with van der Waals surface area (Å²) in [6.07, 6.45) is 1.57. The van der Waals surface area contributed by atoms with Crippen molar-refractivity contribution in [2.24, 2.45) is 0 Å². The topological polar surface area (TPSA) is 93.0 Å². The number of rotatable bonds is 5. The molecule has 0 saturated heterocycles. The minimum atomic E-state index is -0.571. The van der Waals surface area contributed by atoms with E-state index in [1.54, 1.807) is 0 Å². The van der Waals surface area contributed by atoms with Crippen LogP contribution in [0.3, 0.4) is 0 Å². The van der Waals surface area contributed by atoms with E-state index >= 15 is 0 Å². The number of anilines is 2. The molecule has 0 saturated carbocycles. The van der Waals surface area contributed by atoms with Crippen LogP contribution in [0.5, 0.6) is 5.75 Å². The number of carbonyl (C=O) groups is 1. The Balaban J connectivity index is 2.22. The maximum atomic E-state index is 13.7. The molecule has 0 aliphatic rings. The van der Waals surface area contributed by atoms with E-state index in [0.717, 1.165) is 6.42 Å². The van der Waals surface area contributed by atoms with Crippen molar-refractivity contribution in [1.82, 2.24) is 10.2 Å². The van der Waals surface area contributed by atoms with E-state index in [0.29, 0.717) is 17.9 Å². The molecule has 21 heavy (non-hydrogen) atoms. The smallest absolute Gasteiger partial charge is 0.278 e. The number of nitrogens with zero attached hydrogens (tertiary/aromatic N) is 1. The molecule has 0 unspecified atom stereocenters. The van der Waals surface area contributed by atoms with Gasteiger partial charge in [-0.1, -0.05) is 13.3 Å². The molecule has 112 valence electrons. The Morgan fingerprint density at radius 1 is 1.52 bits per heavy atom. The van der Waals surface area contributed by atoms with Crippen LogP contribution in [0.4, 0.5) is 15.8 Å². The Morgan fingerprint density at radius 2 is 2.29 bits per heavy atom. The summed E-state index contributed by atoms with van der Waals surface area (Å²) >= 11 is 0. The van der Waals surface area contributed by atoms with Gasteiger partial charge in [0.25, 0.3) is 5.91 Å². The van der Waals surface area contributed by atoms with E-state index in [4.69, 9.17) is 10.5 Å². The van der Waals surface area contributed by atoms with E-state index in [-0.39, 0.29) is 17.1 Å². The number of aromatic amines is 1. The van der Waals surface area contributed by atoms with Gasteiger partial charge in [-0.05, 0) is 18.6 Å². The number of amides is 1. The zero-order valence-corrected chi connectivity index (χ0v) is 11.9. The lowest BCUT2D eigenvalue weighted by Gasteiger charge is -2.07. The van der Waals surface area contributed by atoms with E-state index in [9.17, 15) is 9.18 Å². The highest BCUT2D eigenvalue weighted by atomic mass is 19.1. The number of halogens is 1. The highest BCUT2D eigenvalue weighted by Gasteiger charge is 2.18. The van der Waals surface area contributed by atoms with Crippen molar-refractivity contribution in [3.63, 3.8) is 0 Å². The summed E-state index contributed by atoms with van der Waals surface area (Å²) in [5, 5.41) is 9.05. The normalized spacial score (nSPS) is 10.4. The number of carbonyl (C=O) groups excluding carboxylic acids is 1. The molecule has 6 nitrogen and oxygen atoms in total. The zero-order valence-electron chi connectivity index (χ0n) is 11.9. The molecular weight excluding hydrogens is 275 g/mol. The van der Waals surface area contributed by atoms with Crippen molar-refractivity contribution >= 4 is 17.3 Å². The molecule has 7 heteroatoms. The number of methoxy groups -OCH3 is 1. The van der Waals surface area contributed by atoms with E-state index in [1.165, 1.54) is 25.3 Å². The lowest BCUT2D eigenvalue weighted by molar-refractivity contribution is 0.102. The highest BCUT2D eigenvalue weighted by Crippen LogP contribution is 2.23. The average Bonchev–Trinajstić information content (AvgIpc) is 2.83. The Hall–Kier alpha value is -2.57. The van der Waals surface area contributed by atoms with Crippen LogP contribution in [0.15, 0.2) is 18.2 Å². The number of aromatic nitrogens is 2. The number of hydrogen-bond donors (Lipinski definition) is 3. The van der Waals surface area contributed by atoms with Gasteiger partial charge in [0, 0.05) is 6.07 Å². The van der Waals surface area contributed by atoms with Crippen molar-refractivity contribution < 1.29 is 13.9 Å². The van der Waals surface area contributed by atoms with Gasteiger partial charge in [-0.25, -0.2) is 4.39 Å². The summed E-state index contributed by atoms with van der Waals surface area (Å²) in [6.45, 7) is 1.99. The third-order valence-electron chi connectivity index (χ3n) is 3.02. The molecule has 0 bridgehead atoms. The summed E-state index contributed by atoms with van der Waals surface area (Å²) in [5.41, 5.74) is 6.93. The highest BCUT2D eigenvalue weighted by molar-refractivity contribution is 6.06. The first-order chi connectivity index (χ1) is 10.1. The summed E-state index contributed by atoms with van der Waals surface area (Å²) < 4.78 is 18.7. The van der Waals surface area contributed by atoms with Crippen LogP contribution >= 0.6 is 0 Å². The first-order valence-electron chi connectivity index (χ1n) is 6.54. The molecule has 2 rings (SSSR count). The standard InChI is InChI=1S/C14H17FN4O2/c1-3-4-10-12(16)13(19-18-10)14(20)17-11-7-8(21-2)5-6-9(11)15/h5-7H,3-4,16H2,1-2H3,(H,17,20)(H,18,19). The zero-order chi connectivity index (χ0) is 15.4. The molecule has 4 N–H and O–H groups in total. The van der Waals surface area contributed by atoms with Gasteiger partial charge >= 0.3 is 0 Å². The minimum Gasteiger partial charge on any atom is -0.497 e. The van der Waals surface area contributed by atoms with Crippen LogP contribution in [-0.2, 0) is 6.42 Å². The number of nitrogen functional groups attached to an aromatic ring is 1. The van der Waals surface area contributed by atoms with Crippen molar-refractivity contribution in [3.8, 4) is 5.75 Å². The third-order valence-corrected chi connectivity index (χ3v) is 3.02. The first kappa shape index (κ1) is 14.8. The molecule has 1 amide bonds. The molecule has 0 aliphatic heterocycles. The average molecular weight is 292 g/mol. The molecule has 2 aromatic rings. The second kappa shape index (κ2) is 6.25. The predicted octanol–water partition coefficient (Wildman–Crippen LogP) is 2.34. The largest absolute Gasteiger partial charge is 0.497 e. The molecule has 0 fully saturated rings. The second-order valence-corrected chi connectivity index (χ2v) is 4.51. The van der Waals surface area contributed by atoms with E-state index in [2.05, 4.69) is 15.5 Å². The lowest BCUT2D eigenvalue weighted by Crippen LogP contribution is -2.15. The monoisotopic (exact) mass is 292 g/mol. The molecule has 0 atom stereocenters. The van der Waals surface area contributed by atoms with Gasteiger partial charge in [-0.3, -0.25) is 9.89 Å². The van der Waals surface area contributed by atoms with Crippen LogP contribution in [-0.4, -0.2) is 23.2 Å². The number of nitrogens with one attached hydrogen (secondary N) is 2. The summed E-state index contributed by atoms with van der Waals surface area (Å²) in [7, 11) is 1.46. The van der Waals surface area contributed by atoms with Gasteiger partial charge in [-0.15, -0.1) is 0 Å². The number of H-pyrrole nitrogens is 1. The summed E-state index contributed by atoms with van der Waals surface area (Å²) in [4.78, 5) is 12.1. The molecule has 1 heterocycles. The van der Waals surface area contributed by atoms with Crippen LogP contribution in [0, 0.1) is 5.82 Å². The molecule has 1 aromatic heterocycles. The maximum absolute atomic E-state index is 13.7. The van der Waals surface area contributed by atoms with Crippen LogP contribution < -0.4 is 15.8 Å². The second-order valence-electron chi connectivity index (χ2n) is 4.51.